The second-order valence-corrected chi connectivity index (χ2v) is 1.92. The van der Waals surface area contributed by atoms with Gasteiger partial charge in [-0.25, -0.2) is 0 Å². The van der Waals surface area contributed by atoms with E-state index < -0.39 is 0 Å². The molecule has 0 aliphatic rings. The number of rotatable bonds is 0. The summed E-state index contributed by atoms with van der Waals surface area (Å²) in [5.41, 5.74) is 6.07. The van der Waals surface area contributed by atoms with Crippen molar-refractivity contribution in [3.8, 4) is 0 Å². The van der Waals surface area contributed by atoms with Gasteiger partial charge in [-0.05, 0) is 6.07 Å². The molecule has 4 heteroatoms. The van der Waals surface area contributed by atoms with Crippen LogP contribution in [0.4, 0.5) is 5.69 Å². The number of nitrogens with two attached hydrogens (primary N) is 1. The van der Waals surface area contributed by atoms with E-state index in [1.165, 1.54) is 0 Å². The lowest BCUT2D eigenvalue weighted by atomic mass is 10.4. The quantitative estimate of drug-likeness (QED) is 0.566. The summed E-state index contributed by atoms with van der Waals surface area (Å²) < 4.78 is 0. The molecule has 2 nitrogen and oxygen atoms in total. The fourth-order valence-electron chi connectivity index (χ4n) is 0.397. The van der Waals surface area contributed by atoms with Crippen molar-refractivity contribution in [2.45, 2.75) is 4.90 Å². The van der Waals surface area contributed by atoms with Gasteiger partial charge in [-0.1, -0.05) is 0 Å². The minimum atomic E-state index is 0. The molecule has 1 aromatic rings. The molecule has 0 amide bonds. The number of aromatic nitrogens is 1. The molecule has 1 heterocycles. The molecule has 0 bridgehead atoms. The molecule has 0 aliphatic carbocycles. The Hall–Kier alpha value is -0.410. The van der Waals surface area contributed by atoms with E-state index in [4.69, 9.17) is 5.73 Å². The van der Waals surface area contributed by atoms with Gasteiger partial charge in [0, 0.05) is 23.0 Å². The standard InChI is InChI=1S/C5H6N2S.ClH/c6-4-1-2-7-3-5(4)8;/h1-3,8H,(H2,6,7);1H. The molecule has 1 aromatic heterocycles. The summed E-state index contributed by atoms with van der Waals surface area (Å²) in [6.45, 7) is 0. The van der Waals surface area contributed by atoms with Crippen molar-refractivity contribution in [1.29, 1.82) is 0 Å². The molecular formula is C5H7ClN2S. The van der Waals surface area contributed by atoms with E-state index in [9.17, 15) is 0 Å². The third-order valence-electron chi connectivity index (χ3n) is 0.833. The molecule has 0 spiro atoms. The summed E-state index contributed by atoms with van der Waals surface area (Å²) in [5.74, 6) is 0. The number of hydrogen-bond acceptors (Lipinski definition) is 3. The maximum atomic E-state index is 5.40. The second-order valence-electron chi connectivity index (χ2n) is 1.43. The van der Waals surface area contributed by atoms with E-state index in [0.717, 1.165) is 4.90 Å². The van der Waals surface area contributed by atoms with Crippen LogP contribution < -0.4 is 5.73 Å². The van der Waals surface area contributed by atoms with E-state index in [-0.39, 0.29) is 12.4 Å². The Kier molecular flexibility index (Phi) is 3.42. The van der Waals surface area contributed by atoms with Crippen LogP contribution in [0.1, 0.15) is 0 Å². The average Bonchev–Trinajstić information content (AvgIpc) is 1.77. The first-order valence-electron chi connectivity index (χ1n) is 2.19. The normalized spacial score (nSPS) is 8.11. The summed E-state index contributed by atoms with van der Waals surface area (Å²) >= 11 is 4.01. The predicted octanol–water partition coefficient (Wildman–Crippen LogP) is 1.37. The molecule has 50 valence electrons. The van der Waals surface area contributed by atoms with E-state index in [1.54, 1.807) is 18.5 Å². The molecule has 0 radical (unpaired) electrons. The van der Waals surface area contributed by atoms with Crippen molar-refractivity contribution in [2.75, 3.05) is 5.73 Å². The van der Waals surface area contributed by atoms with Crippen LogP contribution in [0.3, 0.4) is 0 Å². The molecule has 1 rings (SSSR count). The van der Waals surface area contributed by atoms with Crippen molar-refractivity contribution in [3.05, 3.63) is 18.5 Å². The maximum absolute atomic E-state index is 5.40. The van der Waals surface area contributed by atoms with Gasteiger partial charge < -0.3 is 5.73 Å². The highest BCUT2D eigenvalue weighted by Crippen LogP contribution is 2.11. The highest BCUT2D eigenvalue weighted by atomic mass is 35.5. The van der Waals surface area contributed by atoms with Crippen molar-refractivity contribution < 1.29 is 0 Å². The van der Waals surface area contributed by atoms with Gasteiger partial charge in [-0.2, -0.15) is 0 Å². The molecule has 0 atom stereocenters. The fourth-order valence-corrected chi connectivity index (χ4v) is 0.538. The summed E-state index contributed by atoms with van der Waals surface area (Å²) in [5, 5.41) is 0. The molecular weight excluding hydrogens is 156 g/mol. The monoisotopic (exact) mass is 162 g/mol. The number of hydrogen-bond donors (Lipinski definition) is 2. The van der Waals surface area contributed by atoms with Gasteiger partial charge in [0.25, 0.3) is 0 Å². The summed E-state index contributed by atoms with van der Waals surface area (Å²) in [6.07, 6.45) is 3.24. The smallest absolute Gasteiger partial charge is 0.0480 e. The van der Waals surface area contributed by atoms with Crippen LogP contribution in [0.2, 0.25) is 0 Å². The third-order valence-corrected chi connectivity index (χ3v) is 1.21. The lowest BCUT2D eigenvalue weighted by Gasteiger charge is -1.92. The first-order valence-corrected chi connectivity index (χ1v) is 2.64. The van der Waals surface area contributed by atoms with Crippen LogP contribution in [0, 0.1) is 0 Å². The highest BCUT2D eigenvalue weighted by molar-refractivity contribution is 7.80. The van der Waals surface area contributed by atoms with Crippen molar-refractivity contribution in [2.24, 2.45) is 0 Å². The van der Waals surface area contributed by atoms with Crippen LogP contribution in [-0.2, 0) is 0 Å². The summed E-state index contributed by atoms with van der Waals surface area (Å²) in [4.78, 5) is 4.52. The summed E-state index contributed by atoms with van der Waals surface area (Å²) in [6, 6.07) is 1.71. The Morgan fingerprint density at radius 1 is 1.56 bits per heavy atom. The van der Waals surface area contributed by atoms with Gasteiger partial charge in [0.2, 0.25) is 0 Å². The second kappa shape index (κ2) is 3.58. The topological polar surface area (TPSA) is 38.9 Å². The Labute approximate surface area is 65.3 Å². The number of halogens is 1. The molecule has 0 aliphatic heterocycles. The Morgan fingerprint density at radius 2 is 2.22 bits per heavy atom. The Bertz CT molecular complexity index is 171. The predicted molar refractivity (Wildman–Crippen MR) is 43.1 cm³/mol. The lowest BCUT2D eigenvalue weighted by Crippen LogP contribution is -1.85. The number of anilines is 1. The molecule has 2 N–H and O–H groups in total. The van der Waals surface area contributed by atoms with Crippen LogP contribution >= 0.6 is 25.0 Å². The lowest BCUT2D eigenvalue weighted by molar-refractivity contribution is 1.25. The SMILES string of the molecule is Cl.Nc1ccncc1S. The molecule has 9 heavy (non-hydrogen) atoms. The van der Waals surface area contributed by atoms with Gasteiger partial charge >= 0.3 is 0 Å². The number of pyridine rings is 1. The van der Waals surface area contributed by atoms with Crippen molar-refractivity contribution in [1.82, 2.24) is 4.98 Å². The third kappa shape index (κ3) is 2.11. The zero-order chi connectivity index (χ0) is 5.98. The van der Waals surface area contributed by atoms with Crippen LogP contribution in [0.15, 0.2) is 23.4 Å². The Morgan fingerprint density at radius 3 is 2.56 bits per heavy atom. The minimum absolute atomic E-state index is 0. The van der Waals surface area contributed by atoms with Gasteiger partial charge in [0.15, 0.2) is 0 Å². The van der Waals surface area contributed by atoms with E-state index >= 15 is 0 Å². The van der Waals surface area contributed by atoms with E-state index in [1.807, 2.05) is 0 Å². The number of nitrogens with zero attached hydrogens (tertiary/aromatic N) is 1. The highest BCUT2D eigenvalue weighted by Gasteiger charge is 1.86. The maximum Gasteiger partial charge on any atom is 0.0480 e. The minimum Gasteiger partial charge on any atom is -0.398 e. The zero-order valence-electron chi connectivity index (χ0n) is 4.61. The van der Waals surface area contributed by atoms with E-state index in [0.29, 0.717) is 5.69 Å². The molecule has 0 unspecified atom stereocenters. The first-order chi connectivity index (χ1) is 3.80. The van der Waals surface area contributed by atoms with Gasteiger partial charge in [0.1, 0.15) is 0 Å². The van der Waals surface area contributed by atoms with Gasteiger partial charge in [-0.15, -0.1) is 25.0 Å². The molecule has 0 aromatic carbocycles. The fraction of sp³-hybridized carbons (Fsp3) is 0. The van der Waals surface area contributed by atoms with Crippen molar-refractivity contribution >= 4 is 30.7 Å². The van der Waals surface area contributed by atoms with Crippen LogP contribution in [0.25, 0.3) is 0 Å². The van der Waals surface area contributed by atoms with E-state index in [2.05, 4.69) is 17.6 Å². The largest absolute Gasteiger partial charge is 0.398 e. The molecule has 0 saturated carbocycles. The average molecular weight is 163 g/mol. The zero-order valence-corrected chi connectivity index (χ0v) is 6.32. The molecule has 0 saturated heterocycles. The van der Waals surface area contributed by atoms with Crippen LogP contribution in [-0.4, -0.2) is 4.98 Å². The summed E-state index contributed by atoms with van der Waals surface area (Å²) in [7, 11) is 0. The first kappa shape index (κ1) is 8.59. The Balaban J connectivity index is 0.000000640. The number of thiol groups is 1. The van der Waals surface area contributed by atoms with Gasteiger partial charge in [-0.3, -0.25) is 4.98 Å². The molecule has 0 fully saturated rings. The van der Waals surface area contributed by atoms with Gasteiger partial charge in [0.05, 0.1) is 0 Å². The van der Waals surface area contributed by atoms with Crippen molar-refractivity contribution in [3.63, 3.8) is 0 Å². The number of nitrogen functional groups attached to an aromatic ring is 1. The van der Waals surface area contributed by atoms with Crippen LogP contribution in [0.5, 0.6) is 0 Å².